The second-order valence-corrected chi connectivity index (χ2v) is 6.21. The highest BCUT2D eigenvalue weighted by Crippen LogP contribution is 2.29. The van der Waals surface area contributed by atoms with E-state index in [4.69, 9.17) is 4.74 Å². The molecule has 2 rings (SSSR count). The van der Waals surface area contributed by atoms with Crippen LogP contribution in [0.3, 0.4) is 0 Å². The van der Waals surface area contributed by atoms with E-state index in [0.29, 0.717) is 18.2 Å². The summed E-state index contributed by atoms with van der Waals surface area (Å²) in [5, 5.41) is 3.55. The highest BCUT2D eigenvalue weighted by molar-refractivity contribution is 4.89. The maximum absolute atomic E-state index is 6.06. The molecule has 0 radical (unpaired) electrons. The fourth-order valence-corrected chi connectivity index (χ4v) is 3.60. The third-order valence-corrected chi connectivity index (χ3v) is 4.75. The van der Waals surface area contributed by atoms with Gasteiger partial charge in [0.2, 0.25) is 0 Å². The summed E-state index contributed by atoms with van der Waals surface area (Å²) in [6.45, 7) is 7.66. The van der Waals surface area contributed by atoms with Crippen molar-refractivity contribution in [1.29, 1.82) is 0 Å². The van der Waals surface area contributed by atoms with Gasteiger partial charge in [-0.1, -0.05) is 19.3 Å². The fraction of sp³-hybridized carbons (Fsp3) is 1.00. The van der Waals surface area contributed by atoms with E-state index in [2.05, 4.69) is 31.1 Å². The second-order valence-electron chi connectivity index (χ2n) is 6.21. The predicted molar refractivity (Wildman–Crippen MR) is 75.9 cm³/mol. The Bertz CT molecular complexity index is 239. The molecular formula is C15H30N2O. The van der Waals surface area contributed by atoms with Crippen LogP contribution in [0.5, 0.6) is 0 Å². The minimum atomic E-state index is 0.384. The summed E-state index contributed by atoms with van der Waals surface area (Å²) in [6, 6.07) is 1.19. The smallest absolute Gasteiger partial charge is 0.0857 e. The van der Waals surface area contributed by atoms with Crippen molar-refractivity contribution in [3.8, 4) is 0 Å². The molecule has 1 saturated carbocycles. The van der Waals surface area contributed by atoms with Gasteiger partial charge in [0.1, 0.15) is 0 Å². The maximum Gasteiger partial charge on any atom is 0.0857 e. The van der Waals surface area contributed by atoms with Gasteiger partial charge in [0.05, 0.1) is 12.7 Å². The zero-order chi connectivity index (χ0) is 13.0. The van der Waals surface area contributed by atoms with Gasteiger partial charge >= 0.3 is 0 Å². The molecule has 2 fully saturated rings. The first-order chi connectivity index (χ1) is 8.72. The van der Waals surface area contributed by atoms with Crippen LogP contribution in [0.15, 0.2) is 0 Å². The molecule has 0 aromatic carbocycles. The minimum Gasteiger partial charge on any atom is -0.374 e. The van der Waals surface area contributed by atoms with Gasteiger partial charge in [-0.2, -0.15) is 0 Å². The molecule has 1 aliphatic carbocycles. The van der Waals surface area contributed by atoms with Crippen molar-refractivity contribution in [2.75, 3.05) is 26.7 Å². The number of likely N-dealkylation sites (N-methyl/N-ethyl adjacent to an activating group) is 1. The van der Waals surface area contributed by atoms with Crippen molar-refractivity contribution in [1.82, 2.24) is 10.2 Å². The Morgan fingerprint density at radius 1 is 1.17 bits per heavy atom. The van der Waals surface area contributed by atoms with E-state index in [1.807, 2.05) is 0 Å². The lowest BCUT2D eigenvalue weighted by atomic mass is 9.81. The Labute approximate surface area is 112 Å². The summed E-state index contributed by atoms with van der Waals surface area (Å²) >= 11 is 0. The first-order valence-corrected chi connectivity index (χ1v) is 7.75. The first kappa shape index (κ1) is 14.3. The van der Waals surface area contributed by atoms with E-state index in [9.17, 15) is 0 Å². The van der Waals surface area contributed by atoms with Crippen molar-refractivity contribution in [3.05, 3.63) is 0 Å². The molecule has 2 unspecified atom stereocenters. The Kier molecular flexibility index (Phi) is 5.46. The Morgan fingerprint density at radius 2 is 1.89 bits per heavy atom. The summed E-state index contributed by atoms with van der Waals surface area (Å²) in [4.78, 5) is 2.56. The molecule has 3 nitrogen and oxygen atoms in total. The molecular weight excluding hydrogens is 224 g/mol. The average Bonchev–Trinajstić information content (AvgIpc) is 2.41. The van der Waals surface area contributed by atoms with Gasteiger partial charge < -0.3 is 10.1 Å². The van der Waals surface area contributed by atoms with Crippen LogP contribution in [0, 0.1) is 5.92 Å². The van der Waals surface area contributed by atoms with Gasteiger partial charge in [0, 0.05) is 25.2 Å². The number of rotatable bonds is 4. The Morgan fingerprint density at radius 3 is 2.50 bits per heavy atom. The van der Waals surface area contributed by atoms with E-state index in [-0.39, 0.29) is 0 Å². The highest BCUT2D eigenvalue weighted by atomic mass is 16.5. The number of hydrogen-bond acceptors (Lipinski definition) is 3. The average molecular weight is 254 g/mol. The topological polar surface area (TPSA) is 24.5 Å². The molecule has 106 valence electrons. The monoisotopic (exact) mass is 254 g/mol. The quantitative estimate of drug-likeness (QED) is 0.833. The number of nitrogens with one attached hydrogen (secondary N) is 1. The van der Waals surface area contributed by atoms with Crippen LogP contribution in [-0.2, 0) is 4.74 Å². The first-order valence-electron chi connectivity index (χ1n) is 7.75. The second kappa shape index (κ2) is 6.88. The van der Waals surface area contributed by atoms with Gasteiger partial charge in [-0.25, -0.2) is 0 Å². The standard InChI is InChI=1S/C15H30N2O/c1-12(2)17-9-10-18-14(11-17)15(16-3)13-7-5-4-6-8-13/h12-16H,4-11H2,1-3H3. The molecule has 2 aliphatic rings. The molecule has 0 bridgehead atoms. The maximum atomic E-state index is 6.06. The number of nitrogens with zero attached hydrogens (tertiary/aromatic N) is 1. The van der Waals surface area contributed by atoms with Crippen LogP contribution in [0.1, 0.15) is 46.0 Å². The zero-order valence-corrected chi connectivity index (χ0v) is 12.3. The number of hydrogen-bond donors (Lipinski definition) is 1. The van der Waals surface area contributed by atoms with E-state index in [1.165, 1.54) is 32.1 Å². The SMILES string of the molecule is CNC(C1CCCCC1)C1CN(C(C)C)CCO1. The molecule has 0 aromatic rings. The predicted octanol–water partition coefficient (Wildman–Crippen LogP) is 2.26. The van der Waals surface area contributed by atoms with Crippen LogP contribution in [0.4, 0.5) is 0 Å². The van der Waals surface area contributed by atoms with Crippen LogP contribution in [-0.4, -0.2) is 49.8 Å². The third-order valence-electron chi connectivity index (χ3n) is 4.75. The summed E-state index contributed by atoms with van der Waals surface area (Å²) in [6.07, 6.45) is 7.39. The largest absolute Gasteiger partial charge is 0.374 e. The van der Waals surface area contributed by atoms with Crippen molar-refractivity contribution in [2.24, 2.45) is 5.92 Å². The molecule has 2 atom stereocenters. The highest BCUT2D eigenvalue weighted by Gasteiger charge is 2.33. The van der Waals surface area contributed by atoms with Crippen molar-refractivity contribution >= 4 is 0 Å². The molecule has 0 spiro atoms. The van der Waals surface area contributed by atoms with Crippen molar-refractivity contribution in [2.45, 2.75) is 64.1 Å². The van der Waals surface area contributed by atoms with Gasteiger partial charge in [0.25, 0.3) is 0 Å². The number of morpholine rings is 1. The molecule has 1 aliphatic heterocycles. The van der Waals surface area contributed by atoms with Crippen LogP contribution < -0.4 is 5.32 Å². The zero-order valence-electron chi connectivity index (χ0n) is 12.3. The van der Waals surface area contributed by atoms with Gasteiger partial charge in [-0.05, 0) is 39.7 Å². The van der Waals surface area contributed by atoms with E-state index in [1.54, 1.807) is 0 Å². The van der Waals surface area contributed by atoms with Crippen molar-refractivity contribution in [3.63, 3.8) is 0 Å². The summed E-state index contributed by atoms with van der Waals surface area (Å²) in [5.41, 5.74) is 0. The van der Waals surface area contributed by atoms with E-state index < -0.39 is 0 Å². The van der Waals surface area contributed by atoms with Gasteiger partial charge in [0.15, 0.2) is 0 Å². The Balaban J connectivity index is 1.93. The summed E-state index contributed by atoms with van der Waals surface area (Å²) in [7, 11) is 2.11. The minimum absolute atomic E-state index is 0.384. The van der Waals surface area contributed by atoms with Crippen LogP contribution >= 0.6 is 0 Å². The van der Waals surface area contributed by atoms with E-state index in [0.717, 1.165) is 25.6 Å². The molecule has 0 amide bonds. The fourth-order valence-electron chi connectivity index (χ4n) is 3.60. The number of ether oxygens (including phenoxy) is 1. The normalized spacial score (nSPS) is 29.7. The van der Waals surface area contributed by atoms with Crippen molar-refractivity contribution < 1.29 is 4.74 Å². The lowest BCUT2D eigenvalue weighted by Crippen LogP contribution is -2.55. The van der Waals surface area contributed by atoms with E-state index >= 15 is 0 Å². The molecule has 0 aromatic heterocycles. The molecule has 1 heterocycles. The molecule has 3 heteroatoms. The lowest BCUT2D eigenvalue weighted by molar-refractivity contribution is -0.0660. The Hall–Kier alpha value is -0.120. The molecule has 1 N–H and O–H groups in total. The molecule has 1 saturated heterocycles. The van der Waals surface area contributed by atoms with Crippen LogP contribution in [0.2, 0.25) is 0 Å². The lowest BCUT2D eigenvalue weighted by Gasteiger charge is -2.42. The summed E-state index contributed by atoms with van der Waals surface area (Å²) < 4.78 is 6.06. The molecule has 18 heavy (non-hydrogen) atoms. The van der Waals surface area contributed by atoms with Crippen LogP contribution in [0.25, 0.3) is 0 Å². The van der Waals surface area contributed by atoms with Gasteiger partial charge in [-0.3, -0.25) is 4.90 Å². The third kappa shape index (κ3) is 3.46. The summed E-state index contributed by atoms with van der Waals surface area (Å²) in [5.74, 6) is 0.820. The van der Waals surface area contributed by atoms with Gasteiger partial charge in [-0.15, -0.1) is 0 Å².